The number of nitrogens with one attached hydrogen (secondary N) is 1. The van der Waals surface area contributed by atoms with E-state index in [0.29, 0.717) is 13.0 Å². The molecule has 0 heterocycles. The quantitative estimate of drug-likeness (QED) is 0.788. The Kier molecular flexibility index (Phi) is 6.36. The highest BCUT2D eigenvalue weighted by molar-refractivity contribution is 5.76. The molecule has 1 aromatic carbocycles. The highest BCUT2D eigenvalue weighted by atomic mass is 16.1. The van der Waals surface area contributed by atoms with Crippen LogP contribution in [-0.2, 0) is 4.79 Å². The molecule has 0 spiro atoms. The molecule has 2 unspecified atom stereocenters. The van der Waals surface area contributed by atoms with Gasteiger partial charge in [0.15, 0.2) is 0 Å². The van der Waals surface area contributed by atoms with E-state index in [-0.39, 0.29) is 18.0 Å². The van der Waals surface area contributed by atoms with E-state index in [9.17, 15) is 4.79 Å². The van der Waals surface area contributed by atoms with Gasteiger partial charge in [-0.2, -0.15) is 0 Å². The van der Waals surface area contributed by atoms with Crippen LogP contribution in [-0.4, -0.2) is 31.6 Å². The second-order valence-electron chi connectivity index (χ2n) is 5.12. The lowest BCUT2D eigenvalue weighted by Gasteiger charge is -2.27. The van der Waals surface area contributed by atoms with Crippen LogP contribution in [0.3, 0.4) is 0 Å². The molecule has 0 aliphatic heterocycles. The Morgan fingerprint density at radius 1 is 1.32 bits per heavy atom. The predicted octanol–water partition coefficient (Wildman–Crippen LogP) is 1.75. The van der Waals surface area contributed by atoms with Crippen molar-refractivity contribution in [1.29, 1.82) is 0 Å². The van der Waals surface area contributed by atoms with Crippen LogP contribution < -0.4 is 16.0 Å². The molecule has 0 aromatic heterocycles. The summed E-state index contributed by atoms with van der Waals surface area (Å²) in [4.78, 5) is 13.8. The standard InChI is InChI=1S/C15H25N3O/c1-12(16)9-10-15(19)17-11-13(2)18(3)14-7-5-4-6-8-14/h4-8,12-13H,9-11,16H2,1-3H3,(H,17,19). The van der Waals surface area contributed by atoms with E-state index in [0.717, 1.165) is 12.1 Å². The highest BCUT2D eigenvalue weighted by Gasteiger charge is 2.11. The molecule has 4 heteroatoms. The SMILES string of the molecule is CC(N)CCC(=O)NCC(C)N(C)c1ccccc1. The highest BCUT2D eigenvalue weighted by Crippen LogP contribution is 2.13. The second kappa shape index (κ2) is 7.79. The first kappa shape index (κ1) is 15.5. The van der Waals surface area contributed by atoms with E-state index in [1.54, 1.807) is 0 Å². The van der Waals surface area contributed by atoms with Gasteiger partial charge in [0, 0.05) is 37.8 Å². The monoisotopic (exact) mass is 263 g/mol. The molecule has 0 aliphatic carbocycles. The number of carbonyl (C=O) groups is 1. The van der Waals surface area contributed by atoms with Crippen LogP contribution in [0.15, 0.2) is 30.3 Å². The van der Waals surface area contributed by atoms with Crippen molar-refractivity contribution < 1.29 is 4.79 Å². The number of benzene rings is 1. The van der Waals surface area contributed by atoms with Gasteiger partial charge in [0.25, 0.3) is 0 Å². The van der Waals surface area contributed by atoms with E-state index < -0.39 is 0 Å². The summed E-state index contributed by atoms with van der Waals surface area (Å²) in [6.07, 6.45) is 1.23. The minimum Gasteiger partial charge on any atom is -0.370 e. The van der Waals surface area contributed by atoms with Crippen molar-refractivity contribution in [2.45, 2.75) is 38.8 Å². The third-order valence-electron chi connectivity index (χ3n) is 3.25. The molecular weight excluding hydrogens is 238 g/mol. The average Bonchev–Trinajstić information content (AvgIpc) is 2.42. The minimum absolute atomic E-state index is 0.0746. The summed E-state index contributed by atoms with van der Waals surface area (Å²) < 4.78 is 0. The first-order chi connectivity index (χ1) is 9.00. The molecule has 1 rings (SSSR count). The van der Waals surface area contributed by atoms with Crippen LogP contribution >= 0.6 is 0 Å². The average molecular weight is 263 g/mol. The molecule has 0 radical (unpaired) electrons. The van der Waals surface area contributed by atoms with Crippen molar-refractivity contribution in [3.8, 4) is 0 Å². The normalized spacial score (nSPS) is 13.7. The van der Waals surface area contributed by atoms with Crippen molar-refractivity contribution in [1.82, 2.24) is 5.32 Å². The number of amides is 1. The zero-order chi connectivity index (χ0) is 14.3. The Morgan fingerprint density at radius 2 is 1.95 bits per heavy atom. The van der Waals surface area contributed by atoms with Crippen molar-refractivity contribution in [3.63, 3.8) is 0 Å². The fraction of sp³-hybridized carbons (Fsp3) is 0.533. The molecule has 0 saturated heterocycles. The first-order valence-corrected chi connectivity index (χ1v) is 6.81. The molecule has 0 saturated carbocycles. The van der Waals surface area contributed by atoms with Crippen LogP contribution in [0.4, 0.5) is 5.69 Å². The number of nitrogens with zero attached hydrogens (tertiary/aromatic N) is 1. The fourth-order valence-corrected chi connectivity index (χ4v) is 1.76. The predicted molar refractivity (Wildman–Crippen MR) is 80.2 cm³/mol. The molecule has 0 fully saturated rings. The van der Waals surface area contributed by atoms with Crippen LogP contribution in [0.2, 0.25) is 0 Å². The maximum absolute atomic E-state index is 11.6. The molecule has 2 atom stereocenters. The van der Waals surface area contributed by atoms with Gasteiger partial charge in [-0.1, -0.05) is 18.2 Å². The summed E-state index contributed by atoms with van der Waals surface area (Å²) in [5, 5.41) is 2.95. The molecular formula is C15H25N3O. The number of carbonyl (C=O) groups excluding carboxylic acids is 1. The Bertz CT molecular complexity index is 378. The molecule has 19 heavy (non-hydrogen) atoms. The van der Waals surface area contributed by atoms with Gasteiger partial charge in [-0.25, -0.2) is 0 Å². The van der Waals surface area contributed by atoms with Gasteiger partial charge in [0.2, 0.25) is 5.91 Å². The van der Waals surface area contributed by atoms with Crippen molar-refractivity contribution in [2.24, 2.45) is 5.73 Å². The second-order valence-corrected chi connectivity index (χ2v) is 5.12. The molecule has 0 bridgehead atoms. The third kappa shape index (κ3) is 5.75. The maximum atomic E-state index is 11.6. The summed E-state index contributed by atoms with van der Waals surface area (Å²) >= 11 is 0. The minimum atomic E-state index is 0.0746. The molecule has 4 nitrogen and oxygen atoms in total. The summed E-state index contributed by atoms with van der Waals surface area (Å²) in [5.74, 6) is 0.0746. The lowest BCUT2D eigenvalue weighted by molar-refractivity contribution is -0.121. The number of para-hydroxylation sites is 1. The van der Waals surface area contributed by atoms with E-state index >= 15 is 0 Å². The van der Waals surface area contributed by atoms with Gasteiger partial charge in [-0.15, -0.1) is 0 Å². The lowest BCUT2D eigenvalue weighted by atomic mass is 10.2. The molecule has 1 amide bonds. The molecule has 3 N–H and O–H groups in total. The van der Waals surface area contributed by atoms with Crippen LogP contribution in [0, 0.1) is 0 Å². The van der Waals surface area contributed by atoms with Crippen LogP contribution in [0.25, 0.3) is 0 Å². The Hall–Kier alpha value is -1.55. The maximum Gasteiger partial charge on any atom is 0.220 e. The zero-order valence-corrected chi connectivity index (χ0v) is 12.1. The van der Waals surface area contributed by atoms with Crippen LogP contribution in [0.5, 0.6) is 0 Å². The summed E-state index contributed by atoms with van der Waals surface area (Å²) in [5.41, 5.74) is 6.79. The Morgan fingerprint density at radius 3 is 2.53 bits per heavy atom. The summed E-state index contributed by atoms with van der Waals surface area (Å²) in [6.45, 7) is 4.65. The molecule has 106 valence electrons. The number of hydrogen-bond acceptors (Lipinski definition) is 3. The molecule has 0 aliphatic rings. The van der Waals surface area contributed by atoms with Crippen LogP contribution in [0.1, 0.15) is 26.7 Å². The van der Waals surface area contributed by atoms with Crippen molar-refractivity contribution >= 4 is 11.6 Å². The largest absolute Gasteiger partial charge is 0.370 e. The van der Waals surface area contributed by atoms with Gasteiger partial charge >= 0.3 is 0 Å². The first-order valence-electron chi connectivity index (χ1n) is 6.81. The number of hydrogen-bond donors (Lipinski definition) is 2. The van der Waals surface area contributed by atoms with E-state index in [1.165, 1.54) is 0 Å². The van der Waals surface area contributed by atoms with Gasteiger partial charge in [0.05, 0.1) is 0 Å². The van der Waals surface area contributed by atoms with Crippen molar-refractivity contribution in [3.05, 3.63) is 30.3 Å². The molecule has 1 aromatic rings. The lowest BCUT2D eigenvalue weighted by Crippen LogP contribution is -2.40. The Labute approximate surface area is 116 Å². The van der Waals surface area contributed by atoms with Gasteiger partial charge in [-0.3, -0.25) is 4.79 Å². The van der Waals surface area contributed by atoms with E-state index in [2.05, 4.69) is 29.3 Å². The van der Waals surface area contributed by atoms with Gasteiger partial charge in [0.1, 0.15) is 0 Å². The topological polar surface area (TPSA) is 58.4 Å². The number of likely N-dealkylation sites (N-methyl/N-ethyl adjacent to an activating group) is 1. The van der Waals surface area contributed by atoms with Gasteiger partial charge < -0.3 is 16.0 Å². The smallest absolute Gasteiger partial charge is 0.220 e. The van der Waals surface area contributed by atoms with E-state index in [4.69, 9.17) is 5.73 Å². The number of anilines is 1. The van der Waals surface area contributed by atoms with Gasteiger partial charge in [-0.05, 0) is 32.4 Å². The summed E-state index contributed by atoms with van der Waals surface area (Å²) in [7, 11) is 2.04. The number of rotatable bonds is 7. The number of nitrogens with two attached hydrogens (primary N) is 1. The van der Waals surface area contributed by atoms with Crippen molar-refractivity contribution in [2.75, 3.05) is 18.5 Å². The zero-order valence-electron chi connectivity index (χ0n) is 12.1. The Balaban J connectivity index is 2.35. The summed E-state index contributed by atoms with van der Waals surface area (Å²) in [6, 6.07) is 10.5. The fourth-order valence-electron chi connectivity index (χ4n) is 1.76. The third-order valence-corrected chi connectivity index (χ3v) is 3.25. The van der Waals surface area contributed by atoms with E-state index in [1.807, 2.05) is 32.2 Å².